The zero-order chi connectivity index (χ0) is 19.1. The number of carbonyl (C=O) groups is 1. The van der Waals surface area contributed by atoms with E-state index in [1.807, 2.05) is 24.3 Å². The molecule has 0 aliphatic carbocycles. The van der Waals surface area contributed by atoms with E-state index in [1.165, 1.54) is 0 Å². The van der Waals surface area contributed by atoms with Crippen molar-refractivity contribution in [3.8, 4) is 0 Å². The second kappa shape index (κ2) is 7.48. The molecule has 0 unspecified atom stereocenters. The van der Waals surface area contributed by atoms with E-state index in [0.717, 1.165) is 47.8 Å². The van der Waals surface area contributed by atoms with Gasteiger partial charge in [0.25, 0.3) is 5.91 Å². The van der Waals surface area contributed by atoms with Gasteiger partial charge in [-0.3, -0.25) is 14.8 Å². The molecule has 0 spiro atoms. The highest BCUT2D eigenvalue weighted by atomic mass is 35.5. The monoisotopic (exact) mass is 402 g/mol. The molecule has 5 rings (SSSR count). The van der Waals surface area contributed by atoms with E-state index < -0.39 is 0 Å². The first-order valence-electron chi connectivity index (χ1n) is 9.73. The first kappa shape index (κ1) is 18.1. The van der Waals surface area contributed by atoms with Crippen LogP contribution in [-0.2, 0) is 22.5 Å². The molecule has 3 atom stereocenters. The summed E-state index contributed by atoms with van der Waals surface area (Å²) < 4.78 is 11.6. The Labute approximate surface area is 168 Å². The zero-order valence-electron chi connectivity index (χ0n) is 15.5. The van der Waals surface area contributed by atoms with E-state index in [0.29, 0.717) is 31.6 Å². The number of hydrogen-bond donors (Lipinski definition) is 2. The van der Waals surface area contributed by atoms with E-state index in [4.69, 9.17) is 21.1 Å². The molecule has 0 radical (unpaired) electrons. The quantitative estimate of drug-likeness (QED) is 0.821. The standard InChI is InChI=1S/C20H23ClN4O3/c21-13-3-1-12(2-4-13)18-9-25-8-14(7-15(25)10-28-18)22-20(26)19-16-11-27-6-5-17(16)23-24-19/h1-4,14-15,18H,5-11H2,(H,22,26)(H,23,24)/t14-,15+,18-/m1/s1. The molecule has 3 aliphatic rings. The molecule has 148 valence electrons. The van der Waals surface area contributed by atoms with Crippen molar-refractivity contribution in [1.29, 1.82) is 0 Å². The number of carbonyl (C=O) groups excluding carboxylic acids is 1. The summed E-state index contributed by atoms with van der Waals surface area (Å²) in [5.74, 6) is -0.122. The van der Waals surface area contributed by atoms with Gasteiger partial charge in [0.15, 0.2) is 5.69 Å². The lowest BCUT2D eigenvalue weighted by Gasteiger charge is -2.35. The van der Waals surface area contributed by atoms with E-state index in [2.05, 4.69) is 20.4 Å². The maximum Gasteiger partial charge on any atom is 0.272 e. The third-order valence-electron chi connectivity index (χ3n) is 5.91. The lowest BCUT2D eigenvalue weighted by Crippen LogP contribution is -2.43. The number of nitrogens with one attached hydrogen (secondary N) is 2. The summed E-state index contributed by atoms with van der Waals surface area (Å²) in [6, 6.07) is 8.27. The SMILES string of the molecule is O=C(N[C@@H]1C[C@H]2CO[C@@H](c3ccc(Cl)cc3)CN2C1)c1n[nH]c2c1COCC2. The molecule has 4 heterocycles. The number of aromatic nitrogens is 2. The first-order chi connectivity index (χ1) is 13.7. The van der Waals surface area contributed by atoms with Crippen molar-refractivity contribution < 1.29 is 14.3 Å². The van der Waals surface area contributed by atoms with Gasteiger partial charge in [-0.25, -0.2) is 0 Å². The fourth-order valence-corrected chi connectivity index (χ4v) is 4.54. The summed E-state index contributed by atoms with van der Waals surface area (Å²) in [7, 11) is 0. The van der Waals surface area contributed by atoms with Crippen molar-refractivity contribution in [2.45, 2.75) is 37.6 Å². The van der Waals surface area contributed by atoms with Crippen LogP contribution in [0, 0.1) is 0 Å². The maximum atomic E-state index is 12.7. The summed E-state index contributed by atoms with van der Waals surface area (Å²) in [4.78, 5) is 15.2. The number of aromatic amines is 1. The van der Waals surface area contributed by atoms with Crippen LogP contribution >= 0.6 is 11.6 Å². The number of H-pyrrole nitrogens is 1. The van der Waals surface area contributed by atoms with Crippen molar-refractivity contribution in [2.24, 2.45) is 0 Å². The molecule has 0 saturated carbocycles. The number of morpholine rings is 1. The number of benzene rings is 1. The average Bonchev–Trinajstić information content (AvgIpc) is 3.31. The molecule has 0 bridgehead atoms. The highest BCUT2D eigenvalue weighted by Crippen LogP contribution is 2.31. The van der Waals surface area contributed by atoms with Crippen molar-refractivity contribution in [3.05, 3.63) is 51.8 Å². The van der Waals surface area contributed by atoms with Crippen LogP contribution < -0.4 is 5.32 Å². The smallest absolute Gasteiger partial charge is 0.272 e. The normalized spacial score (nSPS) is 27.2. The van der Waals surface area contributed by atoms with Gasteiger partial charge < -0.3 is 14.8 Å². The zero-order valence-corrected chi connectivity index (χ0v) is 16.2. The lowest BCUT2D eigenvalue weighted by atomic mass is 10.1. The Morgan fingerprint density at radius 2 is 2.14 bits per heavy atom. The summed E-state index contributed by atoms with van der Waals surface area (Å²) in [5.41, 5.74) is 3.51. The topological polar surface area (TPSA) is 79.5 Å². The molecule has 8 heteroatoms. The fourth-order valence-electron chi connectivity index (χ4n) is 4.41. The van der Waals surface area contributed by atoms with Gasteiger partial charge in [-0.2, -0.15) is 5.10 Å². The van der Waals surface area contributed by atoms with Crippen LogP contribution in [-0.4, -0.2) is 59.4 Å². The predicted octanol–water partition coefficient (Wildman–Crippen LogP) is 2.08. The molecule has 1 aromatic carbocycles. The van der Waals surface area contributed by atoms with Gasteiger partial charge in [0.1, 0.15) is 0 Å². The highest BCUT2D eigenvalue weighted by Gasteiger charge is 2.38. The van der Waals surface area contributed by atoms with Crippen LogP contribution in [0.3, 0.4) is 0 Å². The van der Waals surface area contributed by atoms with Crippen LogP contribution in [0.15, 0.2) is 24.3 Å². The van der Waals surface area contributed by atoms with Crippen LogP contribution in [0.5, 0.6) is 0 Å². The molecule has 2 fully saturated rings. The van der Waals surface area contributed by atoms with E-state index >= 15 is 0 Å². The molecule has 2 saturated heterocycles. The summed E-state index contributed by atoms with van der Waals surface area (Å²) >= 11 is 5.99. The van der Waals surface area contributed by atoms with Crippen molar-refractivity contribution in [3.63, 3.8) is 0 Å². The van der Waals surface area contributed by atoms with Gasteiger partial charge in [0.05, 0.1) is 25.9 Å². The Morgan fingerprint density at radius 1 is 1.29 bits per heavy atom. The minimum atomic E-state index is -0.122. The predicted molar refractivity (Wildman–Crippen MR) is 103 cm³/mol. The summed E-state index contributed by atoms with van der Waals surface area (Å²) in [6.45, 7) is 3.44. The molecule has 1 amide bonds. The number of fused-ring (bicyclic) bond motifs is 2. The number of amides is 1. The van der Waals surface area contributed by atoms with Crippen LogP contribution in [0.1, 0.15) is 39.8 Å². The van der Waals surface area contributed by atoms with Gasteiger partial charge in [0.2, 0.25) is 0 Å². The lowest BCUT2D eigenvalue weighted by molar-refractivity contribution is -0.0502. The molecule has 1 aromatic heterocycles. The largest absolute Gasteiger partial charge is 0.376 e. The Balaban J connectivity index is 1.22. The molecular weight excluding hydrogens is 380 g/mol. The van der Waals surface area contributed by atoms with Gasteiger partial charge in [0, 0.05) is 47.9 Å². The van der Waals surface area contributed by atoms with E-state index in [-0.39, 0.29) is 18.1 Å². The van der Waals surface area contributed by atoms with Crippen LogP contribution in [0.4, 0.5) is 0 Å². The van der Waals surface area contributed by atoms with E-state index in [1.54, 1.807) is 0 Å². The minimum absolute atomic E-state index is 0.0403. The first-order valence-corrected chi connectivity index (χ1v) is 10.1. The number of halogens is 1. The third kappa shape index (κ3) is 3.43. The fraction of sp³-hybridized carbons (Fsp3) is 0.500. The molecule has 28 heavy (non-hydrogen) atoms. The Morgan fingerprint density at radius 3 is 3.00 bits per heavy atom. The molecule has 2 N–H and O–H groups in total. The second-order valence-corrected chi connectivity index (χ2v) is 8.16. The van der Waals surface area contributed by atoms with Gasteiger partial charge >= 0.3 is 0 Å². The van der Waals surface area contributed by atoms with Gasteiger partial charge in [-0.1, -0.05) is 23.7 Å². The minimum Gasteiger partial charge on any atom is -0.376 e. The molecule has 7 nitrogen and oxygen atoms in total. The maximum absolute atomic E-state index is 12.7. The van der Waals surface area contributed by atoms with Crippen LogP contribution in [0.2, 0.25) is 5.02 Å². The van der Waals surface area contributed by atoms with Gasteiger partial charge in [-0.15, -0.1) is 0 Å². The number of nitrogens with zero attached hydrogens (tertiary/aromatic N) is 2. The Bertz CT molecular complexity index is 869. The Hall–Kier alpha value is -1.93. The second-order valence-electron chi connectivity index (χ2n) is 7.72. The Kier molecular flexibility index (Phi) is 4.84. The molecule has 3 aliphatic heterocycles. The van der Waals surface area contributed by atoms with E-state index in [9.17, 15) is 4.79 Å². The van der Waals surface area contributed by atoms with Gasteiger partial charge in [-0.05, 0) is 24.1 Å². The molecule has 2 aromatic rings. The highest BCUT2D eigenvalue weighted by molar-refractivity contribution is 6.30. The molecular formula is C20H23ClN4O3. The van der Waals surface area contributed by atoms with Crippen molar-refractivity contribution >= 4 is 17.5 Å². The van der Waals surface area contributed by atoms with Crippen molar-refractivity contribution in [2.75, 3.05) is 26.3 Å². The van der Waals surface area contributed by atoms with Crippen LogP contribution in [0.25, 0.3) is 0 Å². The third-order valence-corrected chi connectivity index (χ3v) is 6.16. The number of hydrogen-bond acceptors (Lipinski definition) is 5. The number of rotatable bonds is 3. The summed E-state index contributed by atoms with van der Waals surface area (Å²) in [6.07, 6.45) is 1.71. The van der Waals surface area contributed by atoms with Crippen molar-refractivity contribution in [1.82, 2.24) is 20.4 Å². The number of ether oxygens (including phenoxy) is 2. The average molecular weight is 403 g/mol. The summed E-state index contributed by atoms with van der Waals surface area (Å²) in [5, 5.41) is 11.1.